The summed E-state index contributed by atoms with van der Waals surface area (Å²) in [5, 5.41) is 6.97. The zero-order valence-electron chi connectivity index (χ0n) is 13.2. The summed E-state index contributed by atoms with van der Waals surface area (Å²) in [6.07, 6.45) is 5.01. The van der Waals surface area contributed by atoms with Crippen LogP contribution < -0.4 is 10.6 Å². The van der Waals surface area contributed by atoms with Crippen LogP contribution in [0.2, 0.25) is 0 Å². The Morgan fingerprint density at radius 1 is 1.20 bits per heavy atom. The van der Waals surface area contributed by atoms with Crippen molar-refractivity contribution in [2.45, 2.75) is 59.4 Å². The van der Waals surface area contributed by atoms with Gasteiger partial charge in [-0.25, -0.2) is 9.97 Å². The van der Waals surface area contributed by atoms with Gasteiger partial charge in [0.1, 0.15) is 17.5 Å². The third-order valence-electron chi connectivity index (χ3n) is 4.43. The van der Waals surface area contributed by atoms with Crippen LogP contribution in [-0.2, 0) is 0 Å². The molecule has 0 saturated heterocycles. The molecule has 1 aromatic heterocycles. The molecule has 1 fully saturated rings. The molecule has 1 aliphatic rings. The highest BCUT2D eigenvalue weighted by Crippen LogP contribution is 2.31. The summed E-state index contributed by atoms with van der Waals surface area (Å²) in [5.41, 5.74) is 0. The molecular weight excluding hydrogens is 248 g/mol. The third kappa shape index (κ3) is 3.84. The average Bonchev–Trinajstić information content (AvgIpc) is 2.41. The molecule has 0 aliphatic heterocycles. The summed E-state index contributed by atoms with van der Waals surface area (Å²) in [4.78, 5) is 8.97. The van der Waals surface area contributed by atoms with Crippen LogP contribution in [0, 0.1) is 18.8 Å². The van der Waals surface area contributed by atoms with Crippen LogP contribution in [-0.4, -0.2) is 22.6 Å². The van der Waals surface area contributed by atoms with E-state index in [9.17, 15) is 0 Å². The van der Waals surface area contributed by atoms with Crippen molar-refractivity contribution in [2.75, 3.05) is 17.2 Å². The smallest absolute Gasteiger partial charge is 0.132 e. The summed E-state index contributed by atoms with van der Waals surface area (Å²) < 4.78 is 0. The molecular formula is C16H28N4. The number of nitrogens with zero attached hydrogens (tertiary/aromatic N) is 2. The summed E-state index contributed by atoms with van der Waals surface area (Å²) in [6, 6.07) is 2.57. The first-order valence-electron chi connectivity index (χ1n) is 7.96. The van der Waals surface area contributed by atoms with Gasteiger partial charge in [-0.3, -0.25) is 0 Å². The van der Waals surface area contributed by atoms with E-state index in [-0.39, 0.29) is 0 Å². The van der Waals surface area contributed by atoms with Crippen molar-refractivity contribution in [2.24, 2.45) is 11.8 Å². The summed E-state index contributed by atoms with van der Waals surface area (Å²) in [7, 11) is 0. The lowest BCUT2D eigenvalue weighted by atomic mass is 9.78. The second-order valence-electron chi connectivity index (χ2n) is 6.13. The van der Waals surface area contributed by atoms with E-state index < -0.39 is 0 Å². The average molecular weight is 276 g/mol. The Kier molecular flexibility index (Phi) is 5.21. The van der Waals surface area contributed by atoms with Crippen LogP contribution in [0.5, 0.6) is 0 Å². The molecule has 4 nitrogen and oxygen atoms in total. The van der Waals surface area contributed by atoms with Crippen LogP contribution >= 0.6 is 0 Å². The lowest BCUT2D eigenvalue weighted by Crippen LogP contribution is -2.35. The van der Waals surface area contributed by atoms with E-state index in [0.29, 0.717) is 12.0 Å². The van der Waals surface area contributed by atoms with Gasteiger partial charge in [-0.05, 0) is 31.6 Å². The van der Waals surface area contributed by atoms with Crippen molar-refractivity contribution in [1.29, 1.82) is 0 Å². The highest BCUT2D eigenvalue weighted by atomic mass is 15.1. The van der Waals surface area contributed by atoms with Crippen LogP contribution in [0.15, 0.2) is 6.07 Å². The van der Waals surface area contributed by atoms with Crippen molar-refractivity contribution >= 4 is 11.6 Å². The Bertz CT molecular complexity index is 432. The molecule has 0 amide bonds. The topological polar surface area (TPSA) is 49.8 Å². The molecule has 0 radical (unpaired) electrons. The number of nitrogens with one attached hydrogen (secondary N) is 2. The van der Waals surface area contributed by atoms with Crippen LogP contribution in [0.4, 0.5) is 11.6 Å². The Hall–Kier alpha value is -1.32. The molecule has 2 rings (SSSR count). The second-order valence-corrected chi connectivity index (χ2v) is 6.13. The van der Waals surface area contributed by atoms with Crippen molar-refractivity contribution in [3.05, 3.63) is 11.9 Å². The van der Waals surface area contributed by atoms with E-state index in [2.05, 4.69) is 41.4 Å². The summed E-state index contributed by atoms with van der Waals surface area (Å²) in [6.45, 7) is 9.77. The van der Waals surface area contributed by atoms with Crippen molar-refractivity contribution in [3.8, 4) is 0 Å². The van der Waals surface area contributed by atoms with Gasteiger partial charge in [-0.15, -0.1) is 0 Å². The molecule has 1 aliphatic carbocycles. The predicted octanol–water partition coefficient (Wildman–Crippen LogP) is 3.84. The molecule has 0 bridgehead atoms. The summed E-state index contributed by atoms with van der Waals surface area (Å²) >= 11 is 0. The van der Waals surface area contributed by atoms with Gasteiger partial charge in [0, 0.05) is 18.7 Å². The van der Waals surface area contributed by atoms with E-state index in [4.69, 9.17) is 0 Å². The van der Waals surface area contributed by atoms with Gasteiger partial charge in [0.25, 0.3) is 0 Å². The Morgan fingerprint density at radius 2 is 1.95 bits per heavy atom. The first-order chi connectivity index (χ1) is 9.60. The zero-order valence-corrected chi connectivity index (χ0v) is 13.2. The van der Waals surface area contributed by atoms with E-state index in [1.807, 2.05) is 13.0 Å². The number of aryl methyl sites for hydroxylation is 1. The normalized spacial score (nSPS) is 26.3. The van der Waals surface area contributed by atoms with Gasteiger partial charge in [0.2, 0.25) is 0 Å². The fourth-order valence-corrected chi connectivity index (χ4v) is 2.96. The highest BCUT2D eigenvalue weighted by Gasteiger charge is 2.27. The Balaban J connectivity index is 2.06. The number of aromatic nitrogens is 2. The molecule has 1 aromatic rings. The van der Waals surface area contributed by atoms with E-state index in [1.165, 1.54) is 19.3 Å². The van der Waals surface area contributed by atoms with E-state index in [1.54, 1.807) is 0 Å². The van der Waals surface area contributed by atoms with Crippen LogP contribution in [0.25, 0.3) is 0 Å². The molecule has 4 heteroatoms. The molecule has 3 unspecified atom stereocenters. The fourth-order valence-electron chi connectivity index (χ4n) is 2.96. The Morgan fingerprint density at radius 3 is 2.70 bits per heavy atom. The molecule has 2 N–H and O–H groups in total. The third-order valence-corrected chi connectivity index (χ3v) is 4.43. The first-order valence-corrected chi connectivity index (χ1v) is 7.96. The maximum absolute atomic E-state index is 4.53. The monoisotopic (exact) mass is 276 g/mol. The van der Waals surface area contributed by atoms with E-state index >= 15 is 0 Å². The van der Waals surface area contributed by atoms with Gasteiger partial charge < -0.3 is 10.6 Å². The summed E-state index contributed by atoms with van der Waals surface area (Å²) in [5.74, 6) is 4.21. The molecule has 1 heterocycles. The molecule has 0 aromatic carbocycles. The van der Waals surface area contributed by atoms with Crippen molar-refractivity contribution in [3.63, 3.8) is 0 Å². The minimum absolute atomic E-state index is 0.534. The predicted molar refractivity (Wildman–Crippen MR) is 85.1 cm³/mol. The minimum Gasteiger partial charge on any atom is -0.370 e. The minimum atomic E-state index is 0.534. The van der Waals surface area contributed by atoms with Gasteiger partial charge >= 0.3 is 0 Å². The lowest BCUT2D eigenvalue weighted by Gasteiger charge is -2.35. The molecule has 3 atom stereocenters. The zero-order chi connectivity index (χ0) is 14.5. The molecule has 20 heavy (non-hydrogen) atoms. The quantitative estimate of drug-likeness (QED) is 0.858. The largest absolute Gasteiger partial charge is 0.370 e. The van der Waals surface area contributed by atoms with Crippen LogP contribution in [0.1, 0.15) is 52.3 Å². The Labute approximate surface area is 122 Å². The maximum atomic E-state index is 4.53. The number of anilines is 2. The lowest BCUT2D eigenvalue weighted by molar-refractivity contribution is 0.253. The van der Waals surface area contributed by atoms with E-state index in [0.717, 1.165) is 36.3 Å². The standard InChI is InChI=1S/C16H28N4/c1-5-9-17-15-10-16(19-13(4)18-15)20-14-8-6-7-11(2)12(14)3/h10-12,14H,5-9H2,1-4H3,(H2,17,18,19,20). The van der Waals surface area contributed by atoms with Crippen molar-refractivity contribution < 1.29 is 0 Å². The molecule has 112 valence electrons. The first kappa shape index (κ1) is 15.1. The van der Waals surface area contributed by atoms with Gasteiger partial charge in [0.05, 0.1) is 0 Å². The van der Waals surface area contributed by atoms with Gasteiger partial charge in [0.15, 0.2) is 0 Å². The fraction of sp³-hybridized carbons (Fsp3) is 0.750. The SMILES string of the molecule is CCCNc1cc(NC2CCCC(C)C2C)nc(C)n1. The van der Waals surface area contributed by atoms with Crippen LogP contribution in [0.3, 0.4) is 0 Å². The second kappa shape index (κ2) is 6.91. The van der Waals surface area contributed by atoms with Crippen molar-refractivity contribution in [1.82, 2.24) is 9.97 Å². The van der Waals surface area contributed by atoms with Gasteiger partial charge in [-0.1, -0.05) is 33.6 Å². The molecule has 1 saturated carbocycles. The molecule has 0 spiro atoms. The maximum Gasteiger partial charge on any atom is 0.132 e. The highest BCUT2D eigenvalue weighted by molar-refractivity contribution is 5.48. The number of hydrogen-bond donors (Lipinski definition) is 2. The number of hydrogen-bond acceptors (Lipinski definition) is 4. The number of rotatable bonds is 5. The van der Waals surface area contributed by atoms with Gasteiger partial charge in [-0.2, -0.15) is 0 Å².